The van der Waals surface area contributed by atoms with Gasteiger partial charge in [0.2, 0.25) is 10.0 Å². The average molecular weight is 234 g/mol. The van der Waals surface area contributed by atoms with Gasteiger partial charge in [0.25, 0.3) is 0 Å². The quantitative estimate of drug-likeness (QED) is 0.705. The third-order valence-electron chi connectivity index (χ3n) is 3.21. The lowest BCUT2D eigenvalue weighted by Gasteiger charge is -2.25. The Kier molecular flexibility index (Phi) is 4.55. The molecule has 0 aromatic heterocycles. The number of hydrogen-bond donors (Lipinski definition) is 0. The summed E-state index contributed by atoms with van der Waals surface area (Å²) in [4.78, 5) is 2.34. The monoisotopic (exact) mass is 234 g/mol. The summed E-state index contributed by atoms with van der Waals surface area (Å²) in [6, 6.07) is 0.418. The molecule has 0 aromatic carbocycles. The van der Waals surface area contributed by atoms with E-state index in [1.807, 2.05) is 0 Å². The first-order valence-corrected chi connectivity index (χ1v) is 7.37. The van der Waals surface area contributed by atoms with Crippen molar-refractivity contribution in [2.45, 2.75) is 33.2 Å². The molecule has 1 fully saturated rings. The van der Waals surface area contributed by atoms with Crippen LogP contribution in [0.3, 0.4) is 0 Å². The van der Waals surface area contributed by atoms with E-state index in [0.717, 1.165) is 19.5 Å². The van der Waals surface area contributed by atoms with Gasteiger partial charge in [-0.2, -0.15) is 0 Å². The predicted molar refractivity (Wildman–Crippen MR) is 62.4 cm³/mol. The maximum absolute atomic E-state index is 11.7. The Morgan fingerprint density at radius 3 is 2.33 bits per heavy atom. The molecule has 1 heterocycles. The molecule has 0 spiro atoms. The molecule has 15 heavy (non-hydrogen) atoms. The van der Waals surface area contributed by atoms with Crippen LogP contribution >= 0.6 is 0 Å². The summed E-state index contributed by atoms with van der Waals surface area (Å²) in [5.41, 5.74) is 0. The number of hydrogen-bond acceptors (Lipinski definition) is 3. The summed E-state index contributed by atoms with van der Waals surface area (Å²) in [5, 5.41) is 0. The van der Waals surface area contributed by atoms with Crippen LogP contribution in [0.4, 0.5) is 0 Å². The number of nitrogens with zero attached hydrogens (tertiary/aromatic N) is 2. The van der Waals surface area contributed by atoms with Crippen molar-refractivity contribution in [3.63, 3.8) is 0 Å². The summed E-state index contributed by atoms with van der Waals surface area (Å²) in [6.07, 6.45) is 0.973. The van der Waals surface area contributed by atoms with E-state index in [0.29, 0.717) is 19.1 Å². The molecule has 1 aliphatic rings. The third-order valence-corrected chi connectivity index (χ3v) is 5.06. The van der Waals surface area contributed by atoms with Crippen LogP contribution < -0.4 is 0 Å². The largest absolute Gasteiger partial charge is 0.300 e. The second-order valence-corrected chi connectivity index (χ2v) is 6.18. The predicted octanol–water partition coefficient (Wildman–Crippen LogP) is 0.752. The average Bonchev–Trinajstić information content (AvgIpc) is 2.70. The first kappa shape index (κ1) is 12.9. The molecule has 0 saturated carbocycles. The summed E-state index contributed by atoms with van der Waals surface area (Å²) < 4.78 is 24.9. The van der Waals surface area contributed by atoms with Crippen LogP contribution in [0.25, 0.3) is 0 Å². The van der Waals surface area contributed by atoms with E-state index < -0.39 is 10.0 Å². The summed E-state index contributed by atoms with van der Waals surface area (Å²) in [5.74, 6) is 0.220. The third kappa shape index (κ3) is 2.92. The van der Waals surface area contributed by atoms with Crippen molar-refractivity contribution in [1.82, 2.24) is 9.21 Å². The van der Waals surface area contributed by atoms with Gasteiger partial charge in [-0.25, -0.2) is 12.7 Å². The fourth-order valence-electron chi connectivity index (χ4n) is 2.18. The van der Waals surface area contributed by atoms with Crippen molar-refractivity contribution in [2.24, 2.45) is 0 Å². The van der Waals surface area contributed by atoms with Gasteiger partial charge in [-0.15, -0.1) is 0 Å². The zero-order chi connectivity index (χ0) is 11.5. The lowest BCUT2D eigenvalue weighted by molar-refractivity contribution is 0.225. The van der Waals surface area contributed by atoms with Crippen LogP contribution in [-0.2, 0) is 10.0 Å². The molecular formula is C10H22N2O2S. The summed E-state index contributed by atoms with van der Waals surface area (Å²) >= 11 is 0. The van der Waals surface area contributed by atoms with Gasteiger partial charge in [0.1, 0.15) is 0 Å². The Balaban J connectivity index is 2.59. The second kappa shape index (κ2) is 5.27. The highest BCUT2D eigenvalue weighted by Gasteiger charge is 2.32. The molecule has 0 amide bonds. The van der Waals surface area contributed by atoms with Crippen molar-refractivity contribution in [3.05, 3.63) is 0 Å². The Morgan fingerprint density at radius 2 is 1.87 bits per heavy atom. The molecule has 5 heteroatoms. The van der Waals surface area contributed by atoms with Gasteiger partial charge >= 0.3 is 0 Å². The normalized spacial score (nSPS) is 23.9. The Hall–Kier alpha value is -0.130. The van der Waals surface area contributed by atoms with Gasteiger partial charge in [-0.05, 0) is 26.4 Å². The van der Waals surface area contributed by atoms with Gasteiger partial charge in [0.15, 0.2) is 0 Å². The van der Waals surface area contributed by atoms with E-state index in [2.05, 4.69) is 18.7 Å². The van der Waals surface area contributed by atoms with Crippen LogP contribution in [0.15, 0.2) is 0 Å². The minimum atomic E-state index is -2.97. The smallest absolute Gasteiger partial charge is 0.213 e. The molecule has 4 nitrogen and oxygen atoms in total. The minimum Gasteiger partial charge on any atom is -0.300 e. The van der Waals surface area contributed by atoms with E-state index in [1.165, 1.54) is 0 Å². The molecule has 1 rings (SSSR count). The molecule has 90 valence electrons. The molecule has 1 unspecified atom stereocenters. The van der Waals surface area contributed by atoms with E-state index in [-0.39, 0.29) is 5.75 Å². The van der Waals surface area contributed by atoms with E-state index in [4.69, 9.17) is 0 Å². The molecule has 1 aliphatic heterocycles. The fourth-order valence-corrected chi connectivity index (χ4v) is 3.33. The topological polar surface area (TPSA) is 40.6 Å². The van der Waals surface area contributed by atoms with Crippen molar-refractivity contribution < 1.29 is 8.42 Å². The highest BCUT2D eigenvalue weighted by Crippen LogP contribution is 2.18. The SMILES string of the molecule is CCN(CC)C1CCN(S(=O)(=O)CC)C1. The fraction of sp³-hybridized carbons (Fsp3) is 1.00. The lowest BCUT2D eigenvalue weighted by Crippen LogP contribution is -2.38. The molecule has 0 bridgehead atoms. The van der Waals surface area contributed by atoms with Gasteiger partial charge in [-0.3, -0.25) is 4.90 Å². The van der Waals surface area contributed by atoms with Crippen molar-refractivity contribution >= 4 is 10.0 Å². The summed E-state index contributed by atoms with van der Waals surface area (Å²) in [7, 11) is -2.97. The highest BCUT2D eigenvalue weighted by molar-refractivity contribution is 7.89. The minimum absolute atomic E-state index is 0.220. The van der Waals surface area contributed by atoms with Crippen LogP contribution in [0.5, 0.6) is 0 Å². The van der Waals surface area contributed by atoms with Crippen LogP contribution in [0, 0.1) is 0 Å². The Morgan fingerprint density at radius 1 is 1.27 bits per heavy atom. The van der Waals surface area contributed by atoms with Gasteiger partial charge in [-0.1, -0.05) is 13.8 Å². The summed E-state index contributed by atoms with van der Waals surface area (Å²) in [6.45, 7) is 9.33. The van der Waals surface area contributed by atoms with Gasteiger partial charge in [0.05, 0.1) is 5.75 Å². The number of sulfonamides is 1. The molecule has 1 saturated heterocycles. The van der Waals surface area contributed by atoms with Crippen molar-refractivity contribution in [3.8, 4) is 0 Å². The molecule has 0 radical (unpaired) electrons. The van der Waals surface area contributed by atoms with Crippen molar-refractivity contribution in [1.29, 1.82) is 0 Å². The molecule has 0 aromatic rings. The number of rotatable bonds is 5. The standard InChI is InChI=1S/C10H22N2O2S/c1-4-11(5-2)10-7-8-12(9-10)15(13,14)6-3/h10H,4-9H2,1-3H3. The maximum Gasteiger partial charge on any atom is 0.213 e. The Labute approximate surface area is 93.3 Å². The first-order chi connectivity index (χ1) is 7.05. The van der Waals surface area contributed by atoms with Crippen LogP contribution in [-0.4, -0.2) is 55.6 Å². The first-order valence-electron chi connectivity index (χ1n) is 5.77. The molecule has 0 N–H and O–H groups in total. The molecule has 1 atom stereocenters. The second-order valence-electron chi connectivity index (χ2n) is 3.92. The van der Waals surface area contributed by atoms with Crippen LogP contribution in [0.1, 0.15) is 27.2 Å². The molecular weight excluding hydrogens is 212 g/mol. The van der Waals surface area contributed by atoms with Crippen molar-refractivity contribution in [2.75, 3.05) is 31.9 Å². The maximum atomic E-state index is 11.7. The zero-order valence-corrected chi connectivity index (χ0v) is 10.8. The highest BCUT2D eigenvalue weighted by atomic mass is 32.2. The lowest BCUT2D eigenvalue weighted by atomic mass is 10.2. The zero-order valence-electron chi connectivity index (χ0n) is 9.94. The van der Waals surface area contributed by atoms with E-state index in [9.17, 15) is 8.42 Å². The van der Waals surface area contributed by atoms with Gasteiger partial charge < -0.3 is 0 Å². The van der Waals surface area contributed by atoms with Crippen LogP contribution in [0.2, 0.25) is 0 Å². The number of likely N-dealkylation sites (N-methyl/N-ethyl adjacent to an activating group) is 1. The van der Waals surface area contributed by atoms with Gasteiger partial charge in [0, 0.05) is 19.1 Å². The van der Waals surface area contributed by atoms with E-state index in [1.54, 1.807) is 11.2 Å². The molecule has 0 aliphatic carbocycles. The Bertz CT molecular complexity index is 286. The van der Waals surface area contributed by atoms with E-state index >= 15 is 0 Å².